The lowest BCUT2D eigenvalue weighted by Crippen LogP contribution is -2.32. The Kier molecular flexibility index (Phi) is 12.6. The molecule has 0 saturated carbocycles. The van der Waals surface area contributed by atoms with Crippen LogP contribution in [0.25, 0.3) is 11.0 Å². The van der Waals surface area contributed by atoms with E-state index in [1.165, 1.54) is 25.7 Å². The van der Waals surface area contributed by atoms with Crippen LogP contribution in [0.15, 0.2) is 43.3 Å². The molecule has 0 bridgehead atoms. The molecule has 2 aromatic rings. The van der Waals surface area contributed by atoms with Gasteiger partial charge in [-0.15, -0.1) is 23.5 Å². The second-order valence-corrected chi connectivity index (χ2v) is 12.7. The Morgan fingerprint density at radius 1 is 1.10 bits per heavy atom. The van der Waals surface area contributed by atoms with E-state index in [-0.39, 0.29) is 11.6 Å². The van der Waals surface area contributed by atoms with Crippen molar-refractivity contribution in [1.82, 2.24) is 0 Å². The number of rotatable bonds is 14. The highest BCUT2D eigenvalue weighted by Gasteiger charge is 2.29. The van der Waals surface area contributed by atoms with Gasteiger partial charge in [0.25, 0.3) is 0 Å². The first-order valence-corrected chi connectivity index (χ1v) is 15.4. The van der Waals surface area contributed by atoms with Crippen molar-refractivity contribution in [2.75, 3.05) is 23.0 Å². The van der Waals surface area contributed by atoms with Gasteiger partial charge in [0, 0.05) is 20.8 Å². The first-order chi connectivity index (χ1) is 14.9. The molecule has 0 saturated heterocycles. The van der Waals surface area contributed by atoms with Crippen LogP contribution in [0.4, 0.5) is 0 Å². The summed E-state index contributed by atoms with van der Waals surface area (Å²) >= 11 is 7.73. The number of carbonyl (C=O) groups is 1. The van der Waals surface area contributed by atoms with Crippen LogP contribution in [0.5, 0.6) is 0 Å². The molecule has 1 aromatic carbocycles. The molecule has 0 radical (unpaired) electrons. The molecule has 1 aromatic heterocycles. The van der Waals surface area contributed by atoms with E-state index < -0.39 is 3.42 Å². The van der Waals surface area contributed by atoms with Crippen LogP contribution in [0, 0.1) is 0 Å². The van der Waals surface area contributed by atoms with Crippen LogP contribution >= 0.6 is 68.7 Å². The van der Waals surface area contributed by atoms with Crippen LogP contribution in [-0.2, 0) is 9.53 Å². The Morgan fingerprint density at radius 2 is 1.77 bits per heavy atom. The minimum atomic E-state index is -0.413. The fourth-order valence-corrected chi connectivity index (χ4v) is 5.13. The number of fused-ring (bicyclic) bond motifs is 1. The lowest BCUT2D eigenvalue weighted by atomic mass is 10.1. The molecular formula is C23H30I2O4S2. The predicted molar refractivity (Wildman–Crippen MR) is 150 cm³/mol. The molecular weight excluding hydrogens is 658 g/mol. The zero-order valence-corrected chi connectivity index (χ0v) is 24.0. The van der Waals surface area contributed by atoms with Crippen LogP contribution in [0.2, 0.25) is 0 Å². The SMILES string of the molecule is CSc1cccc2c(SCCCCCCCCCOC(=O)C(C)(I)CI)cc(=O)oc12. The summed E-state index contributed by atoms with van der Waals surface area (Å²) in [5, 5.41) is 1.03. The van der Waals surface area contributed by atoms with Gasteiger partial charge in [-0.1, -0.05) is 89.4 Å². The van der Waals surface area contributed by atoms with Crippen LogP contribution < -0.4 is 5.63 Å². The molecule has 0 amide bonds. The monoisotopic (exact) mass is 688 g/mol. The average Bonchev–Trinajstić information content (AvgIpc) is 2.76. The third kappa shape index (κ3) is 9.08. The number of unbranched alkanes of at least 4 members (excludes halogenated alkanes) is 6. The molecule has 8 heteroatoms. The number of esters is 1. The summed E-state index contributed by atoms with van der Waals surface area (Å²) in [6, 6.07) is 7.65. The molecule has 0 aliphatic heterocycles. The minimum absolute atomic E-state index is 0.103. The fraction of sp³-hybridized carbons (Fsp3) is 0.565. The molecule has 1 heterocycles. The Labute approximate surface area is 220 Å². The lowest BCUT2D eigenvalue weighted by molar-refractivity contribution is -0.144. The molecule has 31 heavy (non-hydrogen) atoms. The van der Waals surface area contributed by atoms with E-state index in [1.54, 1.807) is 29.6 Å². The van der Waals surface area contributed by atoms with Crippen molar-refractivity contribution < 1.29 is 13.9 Å². The van der Waals surface area contributed by atoms with E-state index in [9.17, 15) is 9.59 Å². The van der Waals surface area contributed by atoms with Crippen molar-refractivity contribution in [3.8, 4) is 0 Å². The van der Waals surface area contributed by atoms with E-state index in [1.807, 2.05) is 31.4 Å². The first kappa shape index (κ1) is 27.3. The molecule has 2 rings (SSSR count). The van der Waals surface area contributed by atoms with Gasteiger partial charge in [-0.25, -0.2) is 4.79 Å². The van der Waals surface area contributed by atoms with Gasteiger partial charge < -0.3 is 9.15 Å². The van der Waals surface area contributed by atoms with Gasteiger partial charge in [0.1, 0.15) is 3.42 Å². The third-order valence-corrected chi connectivity index (χ3v) is 10.6. The topological polar surface area (TPSA) is 56.5 Å². The summed E-state index contributed by atoms with van der Waals surface area (Å²) in [5.74, 6) is 0.901. The van der Waals surface area contributed by atoms with E-state index in [0.717, 1.165) is 44.6 Å². The van der Waals surface area contributed by atoms with Gasteiger partial charge in [0.15, 0.2) is 5.58 Å². The number of thioether (sulfide) groups is 2. The van der Waals surface area contributed by atoms with Crippen molar-refractivity contribution in [3.05, 3.63) is 34.7 Å². The third-order valence-electron chi connectivity index (χ3n) is 4.87. The van der Waals surface area contributed by atoms with Gasteiger partial charge in [-0.05, 0) is 37.8 Å². The lowest BCUT2D eigenvalue weighted by Gasteiger charge is -2.17. The Morgan fingerprint density at radius 3 is 2.45 bits per heavy atom. The number of hydrogen-bond donors (Lipinski definition) is 0. The quantitative estimate of drug-likeness (QED) is 0.0512. The van der Waals surface area contributed by atoms with Crippen LogP contribution in [0.3, 0.4) is 0 Å². The molecule has 0 spiro atoms. The summed E-state index contributed by atoms with van der Waals surface area (Å²) in [4.78, 5) is 25.9. The van der Waals surface area contributed by atoms with Gasteiger partial charge in [0.2, 0.25) is 0 Å². The van der Waals surface area contributed by atoms with Gasteiger partial charge in [-0.2, -0.15) is 0 Å². The predicted octanol–water partition coefficient (Wildman–Crippen LogP) is 7.51. The maximum Gasteiger partial charge on any atom is 0.337 e. The first-order valence-electron chi connectivity index (χ1n) is 10.5. The van der Waals surface area contributed by atoms with E-state index >= 15 is 0 Å². The molecule has 0 N–H and O–H groups in total. The zero-order chi connectivity index (χ0) is 22.7. The number of benzene rings is 1. The van der Waals surface area contributed by atoms with Gasteiger partial charge >= 0.3 is 11.6 Å². The summed E-state index contributed by atoms with van der Waals surface area (Å²) in [6.07, 6.45) is 9.98. The Balaban J connectivity index is 1.59. The van der Waals surface area contributed by atoms with Crippen molar-refractivity contribution in [3.63, 3.8) is 0 Å². The number of alkyl halides is 2. The van der Waals surface area contributed by atoms with E-state index in [4.69, 9.17) is 9.15 Å². The van der Waals surface area contributed by atoms with Gasteiger partial charge in [0.05, 0.1) is 11.5 Å². The Hall–Kier alpha value is 0.0600. The summed E-state index contributed by atoms with van der Waals surface area (Å²) < 4.78 is 11.2. The fourth-order valence-electron chi connectivity index (χ4n) is 3.05. The normalized spacial score (nSPS) is 13.3. The second-order valence-electron chi connectivity index (χ2n) is 7.56. The highest BCUT2D eigenvalue weighted by molar-refractivity contribution is 14.1. The number of hydrogen-bond acceptors (Lipinski definition) is 6. The molecule has 0 aliphatic rings. The Bertz CT molecular complexity index is 899. The zero-order valence-electron chi connectivity index (χ0n) is 18.1. The number of ether oxygens (including phenoxy) is 1. The summed E-state index contributed by atoms with van der Waals surface area (Å²) in [6.45, 7) is 2.44. The van der Waals surface area contributed by atoms with E-state index in [0.29, 0.717) is 12.2 Å². The summed E-state index contributed by atoms with van der Waals surface area (Å²) in [5.41, 5.74) is 0.424. The minimum Gasteiger partial charge on any atom is -0.465 e. The number of para-hydroxylation sites is 1. The number of carbonyl (C=O) groups excluding carboxylic acids is 1. The van der Waals surface area contributed by atoms with Crippen molar-refractivity contribution in [2.24, 2.45) is 0 Å². The molecule has 1 atom stereocenters. The molecule has 1 unspecified atom stereocenters. The van der Waals surface area contributed by atoms with Crippen LogP contribution in [-0.4, -0.2) is 32.4 Å². The molecule has 0 aliphatic carbocycles. The van der Waals surface area contributed by atoms with Gasteiger partial charge in [-0.3, -0.25) is 4.79 Å². The second kappa shape index (κ2) is 14.3. The molecule has 172 valence electrons. The molecule has 0 fully saturated rings. The van der Waals surface area contributed by atoms with Crippen molar-refractivity contribution in [1.29, 1.82) is 0 Å². The smallest absolute Gasteiger partial charge is 0.337 e. The maximum atomic E-state index is 11.9. The number of halogens is 2. The van der Waals surface area contributed by atoms with Crippen molar-refractivity contribution >= 4 is 85.6 Å². The molecule has 4 nitrogen and oxygen atoms in total. The summed E-state index contributed by atoms with van der Waals surface area (Å²) in [7, 11) is 0. The van der Waals surface area contributed by atoms with E-state index in [2.05, 4.69) is 45.2 Å². The maximum absolute atomic E-state index is 11.9. The largest absolute Gasteiger partial charge is 0.465 e. The average molecular weight is 688 g/mol. The van der Waals surface area contributed by atoms with Crippen molar-refractivity contribution in [2.45, 2.75) is 65.1 Å². The standard InChI is InChI=1S/C23H30I2O4S2/c1-23(25,16-24)22(27)28-13-8-6-4-3-5-7-9-14-31-19-15-20(26)29-21-17(19)11-10-12-18(21)30-2/h10-12,15H,3-9,13-14,16H2,1-2H3. The highest BCUT2D eigenvalue weighted by atomic mass is 127. The van der Waals surface area contributed by atoms with Crippen LogP contribution in [0.1, 0.15) is 51.9 Å². The highest BCUT2D eigenvalue weighted by Crippen LogP contribution is 2.32.